The molecule has 2 aromatic heterocycles. The largest absolute Gasteiger partial charge is 0.390 e. The second-order valence-corrected chi connectivity index (χ2v) is 11.1. The van der Waals surface area contributed by atoms with Crippen molar-refractivity contribution in [2.45, 2.75) is 113 Å². The molecule has 0 spiro atoms. The van der Waals surface area contributed by atoms with Crippen LogP contribution in [0.5, 0.6) is 0 Å². The number of pyridine rings is 1. The van der Waals surface area contributed by atoms with E-state index in [1.54, 1.807) is 6.20 Å². The maximum Gasteiger partial charge on any atom is 0.207 e. The Morgan fingerprint density at radius 3 is 2.30 bits per heavy atom. The van der Waals surface area contributed by atoms with Crippen molar-refractivity contribution in [3.8, 4) is 11.1 Å². The lowest BCUT2D eigenvalue weighted by molar-refractivity contribution is -0.110. The molecule has 6 heteroatoms. The summed E-state index contributed by atoms with van der Waals surface area (Å²) in [7, 11) is 0. The molecule has 224 valence electrons. The maximum absolute atomic E-state index is 11.0. The lowest BCUT2D eigenvalue weighted by Gasteiger charge is -2.33. The molecule has 4 atom stereocenters. The Hall–Kier alpha value is -2.70. The number of nitrogens with one attached hydrogen (secondary N) is 1. The summed E-state index contributed by atoms with van der Waals surface area (Å²) >= 11 is 0. The number of hydrogen-bond donors (Lipinski definition) is 2. The number of fused-ring (bicyclic) bond motifs is 1. The minimum absolute atomic E-state index is 0.0608. The molecule has 1 aromatic carbocycles. The van der Waals surface area contributed by atoms with Crippen molar-refractivity contribution in [2.75, 3.05) is 6.61 Å². The van der Waals surface area contributed by atoms with E-state index in [1.165, 1.54) is 11.1 Å². The van der Waals surface area contributed by atoms with E-state index >= 15 is 0 Å². The summed E-state index contributed by atoms with van der Waals surface area (Å²) in [6, 6.07) is 12.9. The highest BCUT2D eigenvalue weighted by atomic mass is 16.5. The Morgan fingerprint density at radius 2 is 1.73 bits per heavy atom. The van der Waals surface area contributed by atoms with E-state index in [4.69, 9.17) is 4.74 Å². The first-order valence-electron chi connectivity index (χ1n) is 15.2. The summed E-state index contributed by atoms with van der Waals surface area (Å²) in [5.74, 6) is 0.356. The lowest BCUT2D eigenvalue weighted by Crippen LogP contribution is -2.42. The number of hydrogen-bond acceptors (Lipinski definition) is 4. The second-order valence-electron chi connectivity index (χ2n) is 11.1. The van der Waals surface area contributed by atoms with Gasteiger partial charge in [-0.2, -0.15) is 0 Å². The van der Waals surface area contributed by atoms with Gasteiger partial charge in [0.1, 0.15) is 5.65 Å². The summed E-state index contributed by atoms with van der Waals surface area (Å²) in [6.45, 7) is 19.4. The zero-order valence-electron chi connectivity index (χ0n) is 26.5. The molecule has 0 aliphatic heterocycles. The van der Waals surface area contributed by atoms with Crippen LogP contribution in [0, 0.1) is 11.3 Å². The fraction of sp³-hybridized carbons (Fsp3) is 0.588. The predicted molar refractivity (Wildman–Crippen MR) is 169 cm³/mol. The SMILES string of the molecule is CC.CCC(C)(C)C(Cc1ccc(-c2ccn3ccnc3c2)cc1)NC=O.CCCC(C)C(O)COC(C)CC. The fourth-order valence-corrected chi connectivity index (χ4v) is 4.24. The number of aromatic nitrogens is 2. The standard InChI is InChI=1S/C21H25N3O.C11H24O2.C2H6/c1-4-21(2,3)19(23-15-25)13-16-5-7-17(8-6-16)18-9-11-24-12-10-22-20(24)14-18;1-5-7-9(3)11(12)8-13-10(4)6-2;1-2/h5-12,14-15,19H,4,13H2,1-3H3,(H,23,25);9-12H,5-8H2,1-4H3;1-2H3. The van der Waals surface area contributed by atoms with Crippen LogP contribution in [0.2, 0.25) is 0 Å². The zero-order valence-corrected chi connectivity index (χ0v) is 26.5. The van der Waals surface area contributed by atoms with Crippen LogP contribution in [-0.4, -0.2) is 45.8 Å². The number of imidazole rings is 1. The lowest BCUT2D eigenvalue weighted by atomic mass is 9.79. The van der Waals surface area contributed by atoms with Gasteiger partial charge in [0.2, 0.25) is 6.41 Å². The molecule has 1 amide bonds. The third kappa shape index (κ3) is 11.4. The van der Waals surface area contributed by atoms with Crippen LogP contribution in [0.4, 0.5) is 0 Å². The molecular weight excluding hydrogens is 498 g/mol. The molecule has 3 aromatic rings. The van der Waals surface area contributed by atoms with Crippen LogP contribution in [0.1, 0.15) is 93.6 Å². The van der Waals surface area contributed by atoms with Crippen LogP contribution in [0.3, 0.4) is 0 Å². The second kappa shape index (κ2) is 18.6. The van der Waals surface area contributed by atoms with E-state index in [-0.39, 0.29) is 23.7 Å². The smallest absolute Gasteiger partial charge is 0.207 e. The first kappa shape index (κ1) is 35.3. The Bertz CT molecular complexity index is 1080. The molecule has 0 saturated carbocycles. The van der Waals surface area contributed by atoms with Gasteiger partial charge in [-0.05, 0) is 72.8 Å². The highest BCUT2D eigenvalue weighted by Crippen LogP contribution is 2.28. The molecule has 2 N–H and O–H groups in total. The first-order chi connectivity index (χ1) is 19.1. The van der Waals surface area contributed by atoms with E-state index in [0.29, 0.717) is 12.5 Å². The number of rotatable bonds is 14. The summed E-state index contributed by atoms with van der Waals surface area (Å²) < 4.78 is 7.47. The summed E-state index contributed by atoms with van der Waals surface area (Å²) in [6.07, 6.45) is 11.6. The van der Waals surface area contributed by atoms with Gasteiger partial charge in [-0.3, -0.25) is 4.79 Å². The number of ether oxygens (including phenoxy) is 1. The molecule has 40 heavy (non-hydrogen) atoms. The zero-order chi connectivity index (χ0) is 30.1. The van der Waals surface area contributed by atoms with Crippen LogP contribution in [-0.2, 0) is 16.0 Å². The molecule has 4 unspecified atom stereocenters. The number of aliphatic hydroxyl groups is 1. The number of aliphatic hydroxyl groups excluding tert-OH is 1. The Kier molecular flexibility index (Phi) is 16.4. The van der Waals surface area contributed by atoms with Gasteiger partial charge in [0.05, 0.1) is 18.8 Å². The van der Waals surface area contributed by atoms with E-state index in [0.717, 1.165) is 49.7 Å². The van der Waals surface area contributed by atoms with Gasteiger partial charge in [-0.25, -0.2) is 4.98 Å². The van der Waals surface area contributed by atoms with Crippen molar-refractivity contribution in [2.24, 2.45) is 11.3 Å². The topological polar surface area (TPSA) is 75.9 Å². The van der Waals surface area contributed by atoms with E-state index in [2.05, 4.69) is 88.2 Å². The monoisotopic (exact) mass is 553 g/mol. The van der Waals surface area contributed by atoms with Gasteiger partial charge in [0, 0.05) is 24.6 Å². The molecule has 2 heterocycles. The van der Waals surface area contributed by atoms with Gasteiger partial charge >= 0.3 is 0 Å². The Balaban J connectivity index is 0.000000454. The molecule has 0 saturated heterocycles. The van der Waals surface area contributed by atoms with E-state index in [9.17, 15) is 9.90 Å². The van der Waals surface area contributed by atoms with Crippen LogP contribution in [0.15, 0.2) is 55.0 Å². The van der Waals surface area contributed by atoms with E-state index < -0.39 is 0 Å². The number of nitrogens with zero attached hydrogens (tertiary/aromatic N) is 2. The van der Waals surface area contributed by atoms with Crippen molar-refractivity contribution in [1.29, 1.82) is 0 Å². The average molecular weight is 554 g/mol. The molecule has 0 radical (unpaired) electrons. The molecule has 0 fully saturated rings. The van der Waals surface area contributed by atoms with Crippen molar-refractivity contribution in [3.63, 3.8) is 0 Å². The van der Waals surface area contributed by atoms with Crippen LogP contribution < -0.4 is 5.32 Å². The van der Waals surface area contributed by atoms with Crippen molar-refractivity contribution >= 4 is 12.1 Å². The molecule has 0 aliphatic carbocycles. The van der Waals surface area contributed by atoms with Gasteiger partial charge in [-0.15, -0.1) is 0 Å². The highest BCUT2D eigenvalue weighted by Gasteiger charge is 2.27. The number of carbonyl (C=O) groups excluding carboxylic acids is 1. The Labute approximate surface area is 243 Å². The predicted octanol–water partition coefficient (Wildman–Crippen LogP) is 7.72. The molecular formula is C34H55N3O3. The molecule has 0 bridgehead atoms. The fourth-order valence-electron chi connectivity index (χ4n) is 4.24. The summed E-state index contributed by atoms with van der Waals surface area (Å²) in [5.41, 5.74) is 4.56. The van der Waals surface area contributed by atoms with Crippen molar-refractivity contribution in [1.82, 2.24) is 14.7 Å². The first-order valence-corrected chi connectivity index (χ1v) is 15.2. The maximum atomic E-state index is 11.0. The third-order valence-corrected chi connectivity index (χ3v) is 7.78. The van der Waals surface area contributed by atoms with Crippen LogP contribution >= 0.6 is 0 Å². The summed E-state index contributed by atoms with van der Waals surface area (Å²) in [5, 5.41) is 12.7. The normalized spacial score (nSPS) is 14.2. The number of amides is 1. The average Bonchev–Trinajstić information content (AvgIpc) is 3.45. The van der Waals surface area contributed by atoms with Crippen molar-refractivity contribution in [3.05, 3.63) is 60.6 Å². The van der Waals surface area contributed by atoms with Crippen molar-refractivity contribution < 1.29 is 14.6 Å². The minimum atomic E-state index is -0.297. The summed E-state index contributed by atoms with van der Waals surface area (Å²) in [4.78, 5) is 15.3. The molecule has 0 aliphatic rings. The van der Waals surface area contributed by atoms with Gasteiger partial charge in [0.25, 0.3) is 0 Å². The number of benzene rings is 1. The van der Waals surface area contributed by atoms with Crippen LogP contribution in [0.25, 0.3) is 16.8 Å². The van der Waals surface area contributed by atoms with Gasteiger partial charge < -0.3 is 19.6 Å². The highest BCUT2D eigenvalue weighted by molar-refractivity contribution is 5.67. The minimum Gasteiger partial charge on any atom is -0.390 e. The number of carbonyl (C=O) groups is 1. The van der Waals surface area contributed by atoms with E-state index in [1.807, 2.05) is 37.6 Å². The Morgan fingerprint density at radius 1 is 1.05 bits per heavy atom. The quantitative estimate of drug-likeness (QED) is 0.200. The van der Waals surface area contributed by atoms with Gasteiger partial charge in [-0.1, -0.05) is 86.1 Å². The van der Waals surface area contributed by atoms with Gasteiger partial charge in [0.15, 0.2) is 0 Å². The third-order valence-electron chi connectivity index (χ3n) is 7.78. The molecule has 6 nitrogen and oxygen atoms in total. The molecule has 3 rings (SSSR count).